The predicted molar refractivity (Wildman–Crippen MR) is 62.3 cm³/mol. The molecule has 1 amide bonds. The first kappa shape index (κ1) is 11.3. The second-order valence-electron chi connectivity index (χ2n) is 3.77. The van der Waals surface area contributed by atoms with Gasteiger partial charge in [-0.3, -0.25) is 9.59 Å². The number of nitrogens with zero attached hydrogens (tertiary/aromatic N) is 2. The average molecular weight is 232 g/mol. The monoisotopic (exact) mass is 232 g/mol. The summed E-state index contributed by atoms with van der Waals surface area (Å²) in [5, 5.41) is 11.6. The Kier molecular flexibility index (Phi) is 3.18. The Morgan fingerprint density at radius 2 is 1.88 bits per heavy atom. The summed E-state index contributed by atoms with van der Waals surface area (Å²) in [4.78, 5) is 25.0. The Morgan fingerprint density at radius 1 is 1.18 bits per heavy atom. The summed E-state index contributed by atoms with van der Waals surface area (Å²) in [6.45, 7) is 0.452. The minimum atomic E-state index is -0.541. The number of anilines is 1. The largest absolute Gasteiger partial charge is 0.410 e. The van der Waals surface area contributed by atoms with E-state index in [1.165, 1.54) is 4.90 Å². The minimum absolute atomic E-state index is 0.231. The highest BCUT2D eigenvalue weighted by Crippen LogP contribution is 2.17. The molecule has 0 atom stereocenters. The van der Waals surface area contributed by atoms with Gasteiger partial charge in [-0.05, 0) is 18.6 Å². The number of carbonyl (C=O) groups excluding carboxylic acids is 2. The topological polar surface area (TPSA) is 70.0 Å². The third kappa shape index (κ3) is 2.18. The maximum Gasteiger partial charge on any atom is 0.284 e. The van der Waals surface area contributed by atoms with E-state index in [4.69, 9.17) is 5.21 Å². The first-order valence-corrected chi connectivity index (χ1v) is 5.36. The van der Waals surface area contributed by atoms with Gasteiger partial charge in [0.2, 0.25) is 5.71 Å². The van der Waals surface area contributed by atoms with Crippen molar-refractivity contribution >= 4 is 23.1 Å². The van der Waals surface area contributed by atoms with Crippen molar-refractivity contribution in [3.05, 3.63) is 30.3 Å². The number of para-hydroxylation sites is 1. The van der Waals surface area contributed by atoms with Gasteiger partial charge >= 0.3 is 0 Å². The molecule has 0 unspecified atom stereocenters. The number of ketones is 1. The van der Waals surface area contributed by atoms with Crippen LogP contribution in [0.15, 0.2) is 35.5 Å². The minimum Gasteiger partial charge on any atom is -0.410 e. The maximum atomic E-state index is 12.0. The van der Waals surface area contributed by atoms with Crippen LogP contribution in [0.4, 0.5) is 5.69 Å². The van der Waals surface area contributed by atoms with E-state index in [9.17, 15) is 9.59 Å². The maximum absolute atomic E-state index is 12.0. The number of hydrogen-bond donors (Lipinski definition) is 1. The van der Waals surface area contributed by atoms with Crippen LogP contribution in [0.1, 0.15) is 12.8 Å². The number of hydrogen-bond acceptors (Lipinski definition) is 4. The molecule has 1 aromatic rings. The molecule has 5 nitrogen and oxygen atoms in total. The summed E-state index contributed by atoms with van der Waals surface area (Å²) in [7, 11) is 0. The second kappa shape index (κ2) is 4.78. The third-order valence-corrected chi connectivity index (χ3v) is 2.67. The Hall–Kier alpha value is -2.17. The van der Waals surface area contributed by atoms with Crippen LogP contribution in [-0.4, -0.2) is 29.2 Å². The fourth-order valence-electron chi connectivity index (χ4n) is 1.82. The van der Waals surface area contributed by atoms with Gasteiger partial charge in [0.05, 0.1) is 0 Å². The molecule has 2 rings (SSSR count). The summed E-state index contributed by atoms with van der Waals surface area (Å²) in [5.41, 5.74) is 0.319. The fraction of sp³-hybridized carbons (Fsp3) is 0.250. The van der Waals surface area contributed by atoms with Gasteiger partial charge in [-0.15, -0.1) is 0 Å². The van der Waals surface area contributed by atoms with Crippen LogP contribution >= 0.6 is 0 Å². The van der Waals surface area contributed by atoms with Crippen LogP contribution in [0.25, 0.3) is 0 Å². The van der Waals surface area contributed by atoms with E-state index >= 15 is 0 Å². The highest BCUT2D eigenvalue weighted by Gasteiger charge is 2.30. The number of rotatable bonds is 1. The highest BCUT2D eigenvalue weighted by atomic mass is 16.4. The van der Waals surface area contributed by atoms with Gasteiger partial charge in [-0.2, -0.15) is 0 Å². The molecule has 17 heavy (non-hydrogen) atoms. The van der Waals surface area contributed by atoms with Crippen LogP contribution < -0.4 is 4.90 Å². The standard InChI is InChI=1S/C12H12N2O3/c15-10-7-4-8-14(12(16)11(10)13-17)9-5-2-1-3-6-9/h1-3,5-6,17H,4,7-8H2. The Balaban J connectivity index is 2.36. The van der Waals surface area contributed by atoms with Crippen molar-refractivity contribution in [1.82, 2.24) is 0 Å². The van der Waals surface area contributed by atoms with Gasteiger partial charge in [0.1, 0.15) is 0 Å². The van der Waals surface area contributed by atoms with Crippen molar-refractivity contribution in [2.75, 3.05) is 11.4 Å². The molecule has 1 heterocycles. The van der Waals surface area contributed by atoms with E-state index in [1.807, 2.05) is 18.2 Å². The molecule has 1 N–H and O–H groups in total. The molecule has 1 aliphatic rings. The smallest absolute Gasteiger partial charge is 0.284 e. The molecule has 1 aromatic carbocycles. The lowest BCUT2D eigenvalue weighted by Crippen LogP contribution is -2.37. The number of amides is 1. The summed E-state index contributed by atoms with van der Waals surface area (Å²) in [6.07, 6.45) is 0.799. The van der Waals surface area contributed by atoms with Crippen LogP contribution in [0, 0.1) is 0 Å². The number of carbonyl (C=O) groups is 2. The molecule has 1 aliphatic heterocycles. The van der Waals surface area contributed by atoms with Gasteiger partial charge < -0.3 is 10.1 Å². The number of benzene rings is 1. The first-order chi connectivity index (χ1) is 8.24. The molecular formula is C12H12N2O3. The zero-order valence-corrected chi connectivity index (χ0v) is 9.17. The average Bonchev–Trinajstić information content (AvgIpc) is 2.49. The van der Waals surface area contributed by atoms with Gasteiger partial charge in [-0.25, -0.2) is 0 Å². The van der Waals surface area contributed by atoms with Crippen molar-refractivity contribution in [2.45, 2.75) is 12.8 Å². The van der Waals surface area contributed by atoms with E-state index in [1.54, 1.807) is 12.1 Å². The highest BCUT2D eigenvalue weighted by molar-refractivity contribution is 6.68. The van der Waals surface area contributed by atoms with E-state index in [2.05, 4.69) is 5.16 Å². The zero-order chi connectivity index (χ0) is 12.3. The second-order valence-corrected chi connectivity index (χ2v) is 3.77. The Bertz CT molecular complexity index is 468. The van der Waals surface area contributed by atoms with E-state index in [-0.39, 0.29) is 12.1 Å². The van der Waals surface area contributed by atoms with Gasteiger partial charge in [0.25, 0.3) is 5.91 Å². The summed E-state index contributed by atoms with van der Waals surface area (Å²) in [6, 6.07) is 9.03. The molecule has 88 valence electrons. The first-order valence-electron chi connectivity index (χ1n) is 5.36. The fourth-order valence-corrected chi connectivity index (χ4v) is 1.82. The van der Waals surface area contributed by atoms with Crippen molar-refractivity contribution in [3.63, 3.8) is 0 Å². The van der Waals surface area contributed by atoms with Crippen LogP contribution in [0.3, 0.4) is 0 Å². The number of Topliss-reactive ketones (excluding diaryl/α,β-unsaturated/α-hetero) is 1. The van der Waals surface area contributed by atoms with Gasteiger partial charge in [0, 0.05) is 18.7 Å². The van der Waals surface area contributed by atoms with Gasteiger partial charge in [0.15, 0.2) is 5.78 Å². The van der Waals surface area contributed by atoms with Crippen molar-refractivity contribution < 1.29 is 14.8 Å². The molecule has 0 aliphatic carbocycles. The van der Waals surface area contributed by atoms with Crippen molar-refractivity contribution in [3.8, 4) is 0 Å². The molecule has 0 saturated carbocycles. The summed E-state index contributed by atoms with van der Waals surface area (Å²) < 4.78 is 0. The van der Waals surface area contributed by atoms with E-state index in [0.717, 1.165) is 0 Å². The summed E-state index contributed by atoms with van der Waals surface area (Å²) in [5.74, 6) is -0.947. The lowest BCUT2D eigenvalue weighted by Gasteiger charge is -2.19. The van der Waals surface area contributed by atoms with Gasteiger partial charge in [-0.1, -0.05) is 23.4 Å². The molecule has 0 aromatic heterocycles. The SMILES string of the molecule is O=C1CCCN(c2ccccc2)C(=O)C1=NO. The van der Waals surface area contributed by atoms with Crippen LogP contribution in [0.5, 0.6) is 0 Å². The predicted octanol–water partition coefficient (Wildman–Crippen LogP) is 1.21. The molecule has 1 saturated heterocycles. The van der Waals surface area contributed by atoms with Crippen molar-refractivity contribution in [2.24, 2.45) is 5.16 Å². The number of oxime groups is 1. The van der Waals surface area contributed by atoms with Crippen LogP contribution in [0.2, 0.25) is 0 Å². The molecule has 0 bridgehead atoms. The molecule has 5 heteroatoms. The van der Waals surface area contributed by atoms with E-state index < -0.39 is 11.7 Å². The molecular weight excluding hydrogens is 220 g/mol. The lowest BCUT2D eigenvalue weighted by atomic mass is 10.1. The normalized spacial score (nSPS) is 19.5. The molecule has 1 fully saturated rings. The third-order valence-electron chi connectivity index (χ3n) is 2.67. The summed E-state index contributed by atoms with van der Waals surface area (Å²) >= 11 is 0. The van der Waals surface area contributed by atoms with Crippen molar-refractivity contribution in [1.29, 1.82) is 0 Å². The quantitative estimate of drug-likeness (QED) is 0.584. The molecule has 0 spiro atoms. The Labute approximate surface area is 98.3 Å². The zero-order valence-electron chi connectivity index (χ0n) is 9.17. The Morgan fingerprint density at radius 3 is 2.53 bits per heavy atom. The lowest BCUT2D eigenvalue weighted by molar-refractivity contribution is -0.116. The van der Waals surface area contributed by atoms with Crippen LogP contribution in [-0.2, 0) is 9.59 Å². The molecule has 0 radical (unpaired) electrons. The van der Waals surface area contributed by atoms with E-state index in [0.29, 0.717) is 18.7 Å².